The Balaban J connectivity index is 0.000000211. The number of nitrogens with one attached hydrogen (secondary N) is 3. The molecule has 69 heavy (non-hydrogen) atoms. The van der Waals surface area contributed by atoms with E-state index in [4.69, 9.17) is 38.4 Å². The molecule has 0 bridgehead atoms. The van der Waals surface area contributed by atoms with Gasteiger partial charge in [-0.1, -0.05) is 76.3 Å². The molecular formula is C46H58Cl2F2N12O5Si2. The molecule has 8 aromatic rings. The number of nitrogens with two attached hydrogens (primary N) is 1. The fourth-order valence-corrected chi connectivity index (χ4v) is 8.72. The van der Waals surface area contributed by atoms with Gasteiger partial charge in [-0.2, -0.15) is 10.2 Å². The molecular weight excluding hydrogens is 966 g/mol. The number of hydrogen-bond donors (Lipinski definition) is 5. The summed E-state index contributed by atoms with van der Waals surface area (Å²) >= 11 is 11.9. The van der Waals surface area contributed by atoms with Crippen LogP contribution < -0.4 is 11.1 Å². The molecule has 6 heterocycles. The van der Waals surface area contributed by atoms with Gasteiger partial charge in [0.25, 0.3) is 5.91 Å². The topological polar surface area (TPSA) is 230 Å². The van der Waals surface area contributed by atoms with Crippen LogP contribution in [-0.4, -0.2) is 108 Å². The number of ether oxygens (including phenoxy) is 2. The van der Waals surface area contributed by atoms with Crippen LogP contribution in [0.2, 0.25) is 61.4 Å². The number of hydrogen-bond acceptors (Lipinski definition) is 11. The Morgan fingerprint density at radius 2 is 1.14 bits per heavy atom. The van der Waals surface area contributed by atoms with Gasteiger partial charge in [-0.15, -0.1) is 0 Å². The van der Waals surface area contributed by atoms with Gasteiger partial charge in [0.05, 0.1) is 39.8 Å². The highest BCUT2D eigenvalue weighted by molar-refractivity contribution is 6.76. The van der Waals surface area contributed by atoms with E-state index in [-0.39, 0.29) is 68.7 Å². The quantitative estimate of drug-likeness (QED) is 0.0477. The number of aromatic carboxylic acids is 1. The predicted molar refractivity (Wildman–Crippen MR) is 272 cm³/mol. The standard InChI is InChI=1S/C23H28ClFN6O2Si.C20H21ClFN5O3Si.C3H9N/c1-13(2)27-23(32)15-11-31(12-33-6-7-34(3,4)5)22-20(15)28-18(10-26-22)21-19-16(25)8-14(24)9-17(19)29-30-21;1-31(2,3)5-4-30-10-27-9-12(20(28)29)17-19(27)23-8-15(24-17)18-16-13(22)6-11(21)7-14(16)25-26-18;1-3(2)4/h8-11,13H,6-7,12H2,1-5H3,(H,27,32)(H,29,30);6-9H,4-5,10H2,1-3H3,(H,25,26)(H,28,29);3H,4H2,1-2H3. The van der Waals surface area contributed by atoms with Gasteiger partial charge in [0.2, 0.25) is 0 Å². The third-order valence-electron chi connectivity index (χ3n) is 10.1. The predicted octanol–water partition coefficient (Wildman–Crippen LogP) is 10.3. The Bertz CT molecular complexity index is 3120. The van der Waals surface area contributed by atoms with Crippen molar-refractivity contribution < 1.29 is 33.0 Å². The SMILES string of the molecule is CC(C)N.CC(C)NC(=O)c1cn(COCC[Si](C)(C)C)c2ncc(-c3n[nH]c4cc(Cl)cc(F)c34)nc12.C[Si](C)(C)CCOCn1cc(C(=O)O)c2nc(-c3n[nH]c4cc(Cl)cc(F)c34)cnc21. The number of carbonyl (C=O) groups excluding carboxylic acids is 1. The minimum Gasteiger partial charge on any atom is -0.478 e. The maximum Gasteiger partial charge on any atom is 0.339 e. The minimum atomic E-state index is -1.24. The second-order valence-electron chi connectivity index (χ2n) is 19.5. The van der Waals surface area contributed by atoms with Gasteiger partial charge >= 0.3 is 5.97 Å². The number of benzene rings is 2. The maximum absolute atomic E-state index is 14.7. The Hall–Kier alpha value is -5.69. The number of halogens is 4. The summed E-state index contributed by atoms with van der Waals surface area (Å²) in [6, 6.07) is 7.87. The Morgan fingerprint density at radius 1 is 0.739 bits per heavy atom. The van der Waals surface area contributed by atoms with Crippen LogP contribution >= 0.6 is 23.2 Å². The van der Waals surface area contributed by atoms with Crippen LogP contribution in [-0.2, 0) is 22.9 Å². The van der Waals surface area contributed by atoms with Gasteiger partial charge < -0.3 is 34.8 Å². The number of aromatic nitrogens is 10. The average molecular weight is 1020 g/mol. The van der Waals surface area contributed by atoms with E-state index in [1.165, 1.54) is 30.7 Å². The van der Waals surface area contributed by atoms with Gasteiger partial charge in [-0.3, -0.25) is 15.0 Å². The largest absolute Gasteiger partial charge is 0.478 e. The number of fused-ring (bicyclic) bond motifs is 4. The van der Waals surface area contributed by atoms with E-state index < -0.39 is 33.8 Å². The lowest BCUT2D eigenvalue weighted by molar-refractivity contribution is 0.0695. The van der Waals surface area contributed by atoms with Crippen molar-refractivity contribution in [1.29, 1.82) is 0 Å². The molecule has 0 aliphatic carbocycles. The summed E-state index contributed by atoms with van der Waals surface area (Å²) in [7, 11) is -2.46. The van der Waals surface area contributed by atoms with Crippen LogP contribution in [0.1, 0.15) is 48.4 Å². The number of rotatable bonds is 15. The molecule has 0 aliphatic rings. The molecule has 0 radical (unpaired) electrons. The van der Waals surface area contributed by atoms with Crippen molar-refractivity contribution in [1.82, 2.24) is 54.8 Å². The zero-order valence-corrected chi connectivity index (χ0v) is 43.8. The molecule has 0 atom stereocenters. The summed E-state index contributed by atoms with van der Waals surface area (Å²) in [5, 5.41) is 27.4. The van der Waals surface area contributed by atoms with E-state index in [9.17, 15) is 23.5 Å². The summed E-state index contributed by atoms with van der Waals surface area (Å²) in [4.78, 5) is 42.8. The lowest BCUT2D eigenvalue weighted by atomic mass is 10.1. The fourth-order valence-electron chi connectivity index (χ4n) is 6.79. The van der Waals surface area contributed by atoms with Crippen molar-refractivity contribution in [2.75, 3.05) is 13.2 Å². The van der Waals surface area contributed by atoms with E-state index in [0.29, 0.717) is 64.1 Å². The summed E-state index contributed by atoms with van der Waals surface area (Å²) in [5.41, 5.74) is 8.92. The highest BCUT2D eigenvalue weighted by atomic mass is 35.5. The molecule has 6 N–H and O–H groups in total. The number of nitrogens with zero attached hydrogens (tertiary/aromatic N) is 8. The molecule has 368 valence electrons. The van der Waals surface area contributed by atoms with Crippen molar-refractivity contribution in [2.24, 2.45) is 5.73 Å². The van der Waals surface area contributed by atoms with E-state index in [2.05, 4.69) is 84.9 Å². The first-order valence-corrected chi connectivity index (χ1v) is 30.4. The van der Waals surface area contributed by atoms with Crippen molar-refractivity contribution in [3.05, 3.63) is 81.9 Å². The summed E-state index contributed by atoms with van der Waals surface area (Å²) in [6.45, 7) is 22.9. The number of H-pyrrole nitrogens is 2. The van der Waals surface area contributed by atoms with Gasteiger partial charge in [0, 0.05) is 57.8 Å². The second kappa shape index (κ2) is 21.9. The highest BCUT2D eigenvalue weighted by Crippen LogP contribution is 2.33. The summed E-state index contributed by atoms with van der Waals surface area (Å²) in [6.07, 6.45) is 6.11. The lowest BCUT2D eigenvalue weighted by Gasteiger charge is -2.15. The Labute approximate surface area is 409 Å². The zero-order chi connectivity index (χ0) is 50.5. The number of aromatic amines is 2. The van der Waals surface area contributed by atoms with Crippen molar-refractivity contribution in [3.8, 4) is 22.8 Å². The third-order valence-corrected chi connectivity index (χ3v) is 14.0. The number of carbonyl (C=O) groups is 2. The van der Waals surface area contributed by atoms with Crippen LogP contribution in [0.25, 0.3) is 66.9 Å². The summed E-state index contributed by atoms with van der Waals surface area (Å²) < 4.78 is 44.2. The van der Waals surface area contributed by atoms with Crippen molar-refractivity contribution >= 4 is 95.4 Å². The lowest BCUT2D eigenvalue weighted by Crippen LogP contribution is -2.30. The van der Waals surface area contributed by atoms with Crippen molar-refractivity contribution in [3.63, 3.8) is 0 Å². The molecule has 0 unspecified atom stereocenters. The molecule has 2 aromatic carbocycles. The van der Waals surface area contributed by atoms with Gasteiger partial charge in [0.15, 0.2) is 11.3 Å². The first kappa shape index (κ1) is 52.7. The molecule has 0 saturated carbocycles. The maximum atomic E-state index is 14.7. The molecule has 8 rings (SSSR count). The van der Waals surface area contributed by atoms with E-state index in [0.717, 1.165) is 12.1 Å². The molecule has 0 spiro atoms. The van der Waals surface area contributed by atoms with Crippen LogP contribution in [0.15, 0.2) is 49.1 Å². The normalized spacial score (nSPS) is 12.0. The number of carboxylic acid groups (broad SMARTS) is 1. The molecule has 1 amide bonds. The van der Waals surface area contributed by atoms with Crippen LogP contribution in [0.3, 0.4) is 0 Å². The molecule has 0 saturated heterocycles. The van der Waals surface area contributed by atoms with Gasteiger partial charge in [-0.05, 0) is 56.2 Å². The van der Waals surface area contributed by atoms with Crippen molar-refractivity contribution in [2.45, 2.75) is 105 Å². The first-order chi connectivity index (χ1) is 32.4. The highest BCUT2D eigenvalue weighted by Gasteiger charge is 2.24. The van der Waals surface area contributed by atoms with Gasteiger partial charge in [0.1, 0.15) is 64.5 Å². The van der Waals surface area contributed by atoms with Gasteiger partial charge in [-0.25, -0.2) is 33.5 Å². The number of amides is 1. The Kier molecular flexibility index (Phi) is 16.8. The third kappa shape index (κ3) is 13.3. The van der Waals surface area contributed by atoms with Crippen LogP contribution in [0.5, 0.6) is 0 Å². The smallest absolute Gasteiger partial charge is 0.339 e. The van der Waals surface area contributed by atoms with E-state index >= 15 is 0 Å². The van der Waals surface area contributed by atoms with Crippen LogP contribution in [0, 0.1) is 11.6 Å². The Morgan fingerprint density at radius 3 is 1.54 bits per heavy atom. The number of carboxylic acids is 1. The average Bonchev–Trinajstić information content (AvgIpc) is 4.03. The molecule has 6 aromatic heterocycles. The minimum absolute atomic E-state index is 0.0125. The van der Waals surface area contributed by atoms with E-state index in [1.54, 1.807) is 27.5 Å². The molecule has 23 heteroatoms. The van der Waals surface area contributed by atoms with E-state index in [1.807, 2.05) is 27.7 Å². The molecule has 17 nitrogen and oxygen atoms in total. The summed E-state index contributed by atoms with van der Waals surface area (Å²) in [5.74, 6) is -2.47. The second-order valence-corrected chi connectivity index (χ2v) is 31.6. The fraction of sp³-hybridized carbons (Fsp3) is 0.391. The molecule has 0 fully saturated rings. The zero-order valence-electron chi connectivity index (χ0n) is 40.3. The monoisotopic (exact) mass is 1020 g/mol. The first-order valence-electron chi connectivity index (χ1n) is 22.2. The van der Waals surface area contributed by atoms with Crippen LogP contribution in [0.4, 0.5) is 8.78 Å². The molecule has 0 aliphatic heterocycles.